The molecular formula is C13H16BrNO. The zero-order chi connectivity index (χ0) is 12.0. The fraction of sp³-hybridized carbons (Fsp3) is 0.385. The fourth-order valence-electron chi connectivity index (χ4n) is 1.43. The van der Waals surface area contributed by atoms with Gasteiger partial charge >= 0.3 is 0 Å². The molecule has 0 fully saturated rings. The first kappa shape index (κ1) is 13.1. The van der Waals surface area contributed by atoms with E-state index in [4.69, 9.17) is 6.42 Å². The number of hydrogen-bond acceptors (Lipinski definition) is 2. The van der Waals surface area contributed by atoms with E-state index < -0.39 is 0 Å². The van der Waals surface area contributed by atoms with E-state index in [2.05, 4.69) is 34.1 Å². The summed E-state index contributed by atoms with van der Waals surface area (Å²) in [6.45, 7) is 2.88. The third-order valence-corrected chi connectivity index (χ3v) is 3.10. The van der Waals surface area contributed by atoms with Crippen LogP contribution in [0.15, 0.2) is 22.7 Å². The Kier molecular flexibility index (Phi) is 5.37. The molecule has 0 saturated carbocycles. The molecule has 0 aliphatic heterocycles. The quantitative estimate of drug-likeness (QED) is 0.814. The molecule has 1 rings (SSSR count). The average molecular weight is 282 g/mol. The number of halogens is 1. The Labute approximate surface area is 105 Å². The van der Waals surface area contributed by atoms with Gasteiger partial charge in [0.15, 0.2) is 0 Å². The maximum Gasteiger partial charge on any atom is 0.129 e. The molecule has 0 heterocycles. The third-order valence-electron chi connectivity index (χ3n) is 2.46. The molecular weight excluding hydrogens is 266 g/mol. The number of aromatic hydroxyl groups is 1. The van der Waals surface area contributed by atoms with Gasteiger partial charge in [-0.25, -0.2) is 0 Å². The number of rotatable bonds is 5. The maximum atomic E-state index is 9.36. The van der Waals surface area contributed by atoms with Crippen LogP contribution in [0.25, 0.3) is 0 Å². The lowest BCUT2D eigenvalue weighted by Crippen LogP contribution is -2.27. The molecule has 0 aliphatic carbocycles. The van der Waals surface area contributed by atoms with Crippen molar-refractivity contribution in [2.24, 2.45) is 0 Å². The number of phenols is 1. The monoisotopic (exact) mass is 281 g/mol. The summed E-state index contributed by atoms with van der Waals surface area (Å²) < 4.78 is 0.719. The van der Waals surface area contributed by atoms with Gasteiger partial charge in [-0.1, -0.05) is 13.0 Å². The maximum absolute atomic E-state index is 9.36. The highest BCUT2D eigenvalue weighted by Crippen LogP contribution is 2.24. The minimum atomic E-state index is 0.263. The van der Waals surface area contributed by atoms with Gasteiger partial charge in [0, 0.05) is 19.0 Å². The Morgan fingerprint density at radius 3 is 2.88 bits per heavy atom. The number of nitrogens with one attached hydrogen (secondary N) is 1. The van der Waals surface area contributed by atoms with Gasteiger partial charge in [-0.05, 0) is 40.0 Å². The van der Waals surface area contributed by atoms with Crippen LogP contribution in [0, 0.1) is 12.3 Å². The van der Waals surface area contributed by atoms with Crippen LogP contribution in [0.3, 0.4) is 0 Å². The first-order valence-electron chi connectivity index (χ1n) is 5.31. The number of hydrogen-bond donors (Lipinski definition) is 2. The standard InChI is InChI=1S/C13H16BrNO/c1-3-5-11(4-2)15-9-10-6-7-13(16)12(14)8-10/h1,6-8,11,15-16H,4-5,9H2,2H3. The van der Waals surface area contributed by atoms with E-state index in [-0.39, 0.29) is 5.75 Å². The molecule has 0 saturated heterocycles. The van der Waals surface area contributed by atoms with Gasteiger partial charge in [-0.15, -0.1) is 12.3 Å². The topological polar surface area (TPSA) is 32.3 Å². The van der Waals surface area contributed by atoms with Gasteiger partial charge in [-0.2, -0.15) is 0 Å². The predicted molar refractivity (Wildman–Crippen MR) is 70.2 cm³/mol. The van der Waals surface area contributed by atoms with Crippen LogP contribution in [-0.2, 0) is 6.54 Å². The van der Waals surface area contributed by atoms with E-state index >= 15 is 0 Å². The fourth-order valence-corrected chi connectivity index (χ4v) is 1.85. The van der Waals surface area contributed by atoms with Crippen molar-refractivity contribution in [2.45, 2.75) is 32.4 Å². The highest BCUT2D eigenvalue weighted by atomic mass is 79.9. The smallest absolute Gasteiger partial charge is 0.129 e. The molecule has 0 spiro atoms. The van der Waals surface area contributed by atoms with E-state index in [1.54, 1.807) is 6.07 Å². The second-order valence-electron chi connectivity index (χ2n) is 3.68. The van der Waals surface area contributed by atoms with Crippen molar-refractivity contribution in [3.8, 4) is 18.1 Å². The Hall–Kier alpha value is -0.980. The van der Waals surface area contributed by atoms with Crippen molar-refractivity contribution in [2.75, 3.05) is 0 Å². The zero-order valence-electron chi connectivity index (χ0n) is 9.33. The lowest BCUT2D eigenvalue weighted by molar-refractivity contribution is 0.470. The van der Waals surface area contributed by atoms with Crippen LogP contribution in [0.1, 0.15) is 25.3 Å². The van der Waals surface area contributed by atoms with Gasteiger partial charge in [-0.3, -0.25) is 0 Å². The summed E-state index contributed by atoms with van der Waals surface area (Å²) in [4.78, 5) is 0. The minimum absolute atomic E-state index is 0.263. The molecule has 2 N–H and O–H groups in total. The molecule has 2 nitrogen and oxygen atoms in total. The Morgan fingerprint density at radius 1 is 1.56 bits per heavy atom. The number of phenolic OH excluding ortho intramolecular Hbond substituents is 1. The average Bonchev–Trinajstić information content (AvgIpc) is 2.28. The highest BCUT2D eigenvalue weighted by molar-refractivity contribution is 9.10. The largest absolute Gasteiger partial charge is 0.507 e. The zero-order valence-corrected chi connectivity index (χ0v) is 10.9. The van der Waals surface area contributed by atoms with Gasteiger partial charge < -0.3 is 10.4 Å². The molecule has 0 bridgehead atoms. The third kappa shape index (κ3) is 3.88. The Bertz CT molecular complexity index is 384. The summed E-state index contributed by atoms with van der Waals surface area (Å²) in [5.74, 6) is 2.93. The van der Waals surface area contributed by atoms with Crippen LogP contribution < -0.4 is 5.32 Å². The van der Waals surface area contributed by atoms with E-state index in [9.17, 15) is 5.11 Å². The van der Waals surface area contributed by atoms with E-state index in [0.29, 0.717) is 6.04 Å². The lowest BCUT2D eigenvalue weighted by Gasteiger charge is -2.14. The molecule has 16 heavy (non-hydrogen) atoms. The van der Waals surface area contributed by atoms with E-state index in [1.165, 1.54) is 0 Å². The first-order valence-corrected chi connectivity index (χ1v) is 6.11. The summed E-state index contributed by atoms with van der Waals surface area (Å²) in [6, 6.07) is 5.85. The molecule has 1 aromatic rings. The number of benzene rings is 1. The van der Waals surface area contributed by atoms with Gasteiger partial charge in [0.2, 0.25) is 0 Å². The normalized spacial score (nSPS) is 12.1. The lowest BCUT2D eigenvalue weighted by atomic mass is 10.1. The molecule has 1 atom stereocenters. The molecule has 86 valence electrons. The van der Waals surface area contributed by atoms with Crippen LogP contribution in [0.4, 0.5) is 0 Å². The van der Waals surface area contributed by atoms with Crippen LogP contribution in [0.5, 0.6) is 5.75 Å². The highest BCUT2D eigenvalue weighted by Gasteiger charge is 2.04. The molecule has 3 heteroatoms. The van der Waals surface area contributed by atoms with Gasteiger partial charge in [0.05, 0.1) is 4.47 Å². The molecule has 0 radical (unpaired) electrons. The number of terminal acetylenes is 1. The summed E-state index contributed by atoms with van der Waals surface area (Å²) in [7, 11) is 0. The molecule has 0 aliphatic rings. The van der Waals surface area contributed by atoms with E-state index in [1.807, 2.05) is 12.1 Å². The molecule has 1 unspecified atom stereocenters. The molecule has 1 aromatic carbocycles. The minimum Gasteiger partial charge on any atom is -0.507 e. The predicted octanol–water partition coefficient (Wildman–Crippen LogP) is 3.05. The summed E-state index contributed by atoms with van der Waals surface area (Å²) in [6.07, 6.45) is 7.05. The molecule has 0 aromatic heterocycles. The Morgan fingerprint density at radius 2 is 2.31 bits per heavy atom. The van der Waals surface area contributed by atoms with Crippen molar-refractivity contribution in [1.29, 1.82) is 0 Å². The SMILES string of the molecule is C#CCC(CC)NCc1ccc(O)c(Br)c1. The van der Waals surface area contributed by atoms with Gasteiger partial charge in [0.25, 0.3) is 0 Å². The summed E-state index contributed by atoms with van der Waals surface area (Å²) in [5, 5.41) is 12.7. The Balaban J connectivity index is 2.54. The summed E-state index contributed by atoms with van der Waals surface area (Å²) in [5.41, 5.74) is 1.13. The van der Waals surface area contributed by atoms with Crippen molar-refractivity contribution in [3.05, 3.63) is 28.2 Å². The van der Waals surface area contributed by atoms with Crippen molar-refractivity contribution in [1.82, 2.24) is 5.32 Å². The second-order valence-corrected chi connectivity index (χ2v) is 4.53. The first-order chi connectivity index (χ1) is 7.67. The van der Waals surface area contributed by atoms with Crippen molar-refractivity contribution >= 4 is 15.9 Å². The van der Waals surface area contributed by atoms with E-state index in [0.717, 1.165) is 29.4 Å². The van der Waals surface area contributed by atoms with Crippen LogP contribution in [-0.4, -0.2) is 11.1 Å². The second kappa shape index (κ2) is 6.57. The van der Waals surface area contributed by atoms with Crippen molar-refractivity contribution < 1.29 is 5.11 Å². The van der Waals surface area contributed by atoms with Gasteiger partial charge in [0.1, 0.15) is 5.75 Å². The molecule has 0 amide bonds. The van der Waals surface area contributed by atoms with Crippen LogP contribution in [0.2, 0.25) is 0 Å². The van der Waals surface area contributed by atoms with Crippen molar-refractivity contribution in [3.63, 3.8) is 0 Å². The summed E-state index contributed by atoms with van der Waals surface area (Å²) >= 11 is 3.29. The van der Waals surface area contributed by atoms with Crippen LogP contribution >= 0.6 is 15.9 Å².